The van der Waals surface area contributed by atoms with Crippen molar-refractivity contribution in [1.29, 1.82) is 0 Å². The van der Waals surface area contributed by atoms with Crippen LogP contribution in [0.2, 0.25) is 0 Å². The van der Waals surface area contributed by atoms with Crippen LogP contribution in [-0.2, 0) is 6.54 Å². The van der Waals surface area contributed by atoms with Gasteiger partial charge in [-0.3, -0.25) is 4.90 Å². The van der Waals surface area contributed by atoms with E-state index in [0.717, 1.165) is 18.8 Å². The molecule has 23 heavy (non-hydrogen) atoms. The molecule has 0 radical (unpaired) electrons. The van der Waals surface area contributed by atoms with E-state index in [4.69, 9.17) is 0 Å². The maximum absolute atomic E-state index is 10.1. The molecule has 0 bridgehead atoms. The molecule has 1 saturated heterocycles. The molecule has 1 aromatic heterocycles. The van der Waals surface area contributed by atoms with E-state index in [0.29, 0.717) is 13.0 Å². The van der Waals surface area contributed by atoms with E-state index < -0.39 is 11.7 Å². The highest BCUT2D eigenvalue weighted by Gasteiger charge is 2.36. The molecule has 0 spiro atoms. The van der Waals surface area contributed by atoms with Gasteiger partial charge in [0.05, 0.1) is 17.4 Å². The van der Waals surface area contributed by atoms with Crippen LogP contribution in [-0.4, -0.2) is 49.7 Å². The van der Waals surface area contributed by atoms with Crippen LogP contribution in [0, 0.1) is 13.8 Å². The van der Waals surface area contributed by atoms with Gasteiger partial charge < -0.3 is 10.2 Å². The molecule has 2 heterocycles. The van der Waals surface area contributed by atoms with Crippen molar-refractivity contribution in [2.24, 2.45) is 0 Å². The molecular weight excluding hydrogens is 290 g/mol. The van der Waals surface area contributed by atoms with Crippen LogP contribution in [0.25, 0.3) is 5.69 Å². The van der Waals surface area contributed by atoms with Gasteiger partial charge in [0.2, 0.25) is 0 Å². The Morgan fingerprint density at radius 2 is 2.13 bits per heavy atom. The number of benzene rings is 1. The maximum atomic E-state index is 10.1. The minimum Gasteiger partial charge on any atom is -0.389 e. The summed E-state index contributed by atoms with van der Waals surface area (Å²) in [5, 5.41) is 24.6. The van der Waals surface area contributed by atoms with Crippen molar-refractivity contribution in [3.05, 3.63) is 47.3 Å². The first-order chi connectivity index (χ1) is 10.9. The first-order valence-electron chi connectivity index (χ1n) is 8.10. The van der Waals surface area contributed by atoms with Crippen molar-refractivity contribution in [1.82, 2.24) is 14.7 Å². The number of aliphatic hydroxyl groups is 2. The number of hydrogen-bond donors (Lipinski definition) is 2. The molecule has 1 fully saturated rings. The van der Waals surface area contributed by atoms with Gasteiger partial charge in [-0.25, -0.2) is 4.68 Å². The molecule has 0 aliphatic carbocycles. The van der Waals surface area contributed by atoms with Crippen LogP contribution in [0.5, 0.6) is 0 Å². The number of likely N-dealkylation sites (tertiary alicyclic amines) is 1. The zero-order valence-electron chi connectivity index (χ0n) is 14.0. The summed E-state index contributed by atoms with van der Waals surface area (Å²) in [5.74, 6) is 0. The molecule has 1 aromatic carbocycles. The van der Waals surface area contributed by atoms with Crippen LogP contribution in [0.4, 0.5) is 0 Å². The lowest BCUT2D eigenvalue weighted by Crippen LogP contribution is -2.53. The number of β-amino-alcohol motifs (C(OH)–C–C–N with tert-alkyl or cyclic N) is 1. The Kier molecular flexibility index (Phi) is 4.27. The Labute approximate surface area is 137 Å². The molecule has 0 amide bonds. The first kappa shape index (κ1) is 16.2. The number of aliphatic hydroxyl groups excluding tert-OH is 1. The highest BCUT2D eigenvalue weighted by molar-refractivity contribution is 5.49. The lowest BCUT2D eigenvalue weighted by molar-refractivity contribution is -0.108. The second-order valence-corrected chi connectivity index (χ2v) is 6.90. The van der Waals surface area contributed by atoms with Gasteiger partial charge in [0, 0.05) is 32.0 Å². The standard InChI is InChI=1S/C18H25N3O2/c1-13-9-14(2)17(21-7-4-6-19-21)15(10-13)11-20-8-5-18(3,23)16(22)12-20/h4,6-7,9-10,16,22-23H,5,8,11-12H2,1-3H3/t16-,18-/m1/s1. The Morgan fingerprint density at radius 1 is 1.35 bits per heavy atom. The van der Waals surface area contributed by atoms with E-state index in [-0.39, 0.29) is 0 Å². The summed E-state index contributed by atoms with van der Waals surface area (Å²) in [6.45, 7) is 7.91. The summed E-state index contributed by atoms with van der Waals surface area (Å²) < 4.78 is 1.90. The zero-order valence-corrected chi connectivity index (χ0v) is 14.0. The van der Waals surface area contributed by atoms with E-state index in [1.807, 2.05) is 16.9 Å². The minimum absolute atomic E-state index is 0.485. The van der Waals surface area contributed by atoms with Crippen molar-refractivity contribution in [3.8, 4) is 5.69 Å². The third kappa shape index (κ3) is 3.32. The number of rotatable bonds is 3. The lowest BCUT2D eigenvalue weighted by Gasteiger charge is -2.40. The van der Waals surface area contributed by atoms with E-state index in [9.17, 15) is 10.2 Å². The smallest absolute Gasteiger partial charge is 0.0951 e. The number of hydrogen-bond acceptors (Lipinski definition) is 4. The fraction of sp³-hybridized carbons (Fsp3) is 0.500. The molecule has 124 valence electrons. The van der Waals surface area contributed by atoms with Crippen molar-refractivity contribution < 1.29 is 10.2 Å². The van der Waals surface area contributed by atoms with Crippen LogP contribution in [0.15, 0.2) is 30.6 Å². The second kappa shape index (κ2) is 6.07. The van der Waals surface area contributed by atoms with Gasteiger partial charge in [-0.2, -0.15) is 5.10 Å². The molecule has 2 atom stereocenters. The number of nitrogens with zero attached hydrogens (tertiary/aromatic N) is 3. The van der Waals surface area contributed by atoms with Crippen molar-refractivity contribution in [2.75, 3.05) is 13.1 Å². The monoisotopic (exact) mass is 315 g/mol. The average molecular weight is 315 g/mol. The fourth-order valence-electron chi connectivity index (χ4n) is 3.37. The minimum atomic E-state index is -0.982. The second-order valence-electron chi connectivity index (χ2n) is 6.90. The Bertz CT molecular complexity index is 680. The lowest BCUT2D eigenvalue weighted by atomic mass is 9.90. The summed E-state index contributed by atoms with van der Waals surface area (Å²) in [6.07, 6.45) is 3.60. The van der Waals surface area contributed by atoms with Gasteiger partial charge in [0.25, 0.3) is 0 Å². The zero-order chi connectivity index (χ0) is 16.6. The van der Waals surface area contributed by atoms with E-state index in [1.54, 1.807) is 13.1 Å². The molecule has 5 heteroatoms. The third-order valence-electron chi connectivity index (χ3n) is 4.73. The quantitative estimate of drug-likeness (QED) is 0.907. The number of piperidine rings is 1. The topological polar surface area (TPSA) is 61.5 Å². The summed E-state index contributed by atoms with van der Waals surface area (Å²) in [5.41, 5.74) is 3.72. The summed E-state index contributed by atoms with van der Waals surface area (Å²) in [4.78, 5) is 2.20. The normalized spacial score (nSPS) is 25.7. The predicted octanol–water partition coefficient (Wildman–Crippen LogP) is 1.81. The molecule has 1 aliphatic heterocycles. The van der Waals surface area contributed by atoms with Gasteiger partial charge >= 0.3 is 0 Å². The van der Waals surface area contributed by atoms with E-state index in [2.05, 4.69) is 36.0 Å². The van der Waals surface area contributed by atoms with Gasteiger partial charge in [-0.05, 0) is 44.4 Å². The highest BCUT2D eigenvalue weighted by atomic mass is 16.3. The number of aromatic nitrogens is 2. The first-order valence-corrected chi connectivity index (χ1v) is 8.10. The molecule has 0 unspecified atom stereocenters. The molecule has 5 nitrogen and oxygen atoms in total. The van der Waals surface area contributed by atoms with E-state index >= 15 is 0 Å². The molecule has 0 saturated carbocycles. The maximum Gasteiger partial charge on any atom is 0.0951 e. The Hall–Kier alpha value is -1.69. The largest absolute Gasteiger partial charge is 0.389 e. The summed E-state index contributed by atoms with van der Waals surface area (Å²) >= 11 is 0. The van der Waals surface area contributed by atoms with Gasteiger partial charge in [0.15, 0.2) is 0 Å². The van der Waals surface area contributed by atoms with Gasteiger partial charge in [-0.1, -0.05) is 17.7 Å². The van der Waals surface area contributed by atoms with Crippen LogP contribution in [0.1, 0.15) is 30.0 Å². The molecule has 3 rings (SSSR count). The predicted molar refractivity (Wildman–Crippen MR) is 89.6 cm³/mol. The fourth-order valence-corrected chi connectivity index (χ4v) is 3.37. The summed E-state index contributed by atoms with van der Waals surface area (Å²) in [6, 6.07) is 6.27. The molecule has 2 N–H and O–H groups in total. The Morgan fingerprint density at radius 3 is 2.78 bits per heavy atom. The molecule has 2 aromatic rings. The van der Waals surface area contributed by atoms with Gasteiger partial charge in [0.1, 0.15) is 0 Å². The van der Waals surface area contributed by atoms with Crippen LogP contribution >= 0.6 is 0 Å². The summed E-state index contributed by atoms with van der Waals surface area (Å²) in [7, 11) is 0. The van der Waals surface area contributed by atoms with Crippen molar-refractivity contribution >= 4 is 0 Å². The van der Waals surface area contributed by atoms with Gasteiger partial charge in [-0.15, -0.1) is 0 Å². The average Bonchev–Trinajstić information content (AvgIpc) is 2.96. The Balaban J connectivity index is 1.89. The van der Waals surface area contributed by atoms with Crippen molar-refractivity contribution in [3.63, 3.8) is 0 Å². The van der Waals surface area contributed by atoms with Crippen LogP contribution < -0.4 is 0 Å². The van der Waals surface area contributed by atoms with E-state index in [1.165, 1.54) is 16.7 Å². The SMILES string of the molecule is Cc1cc(C)c(-n2cccn2)c(CN2CC[C@@](C)(O)[C@H](O)C2)c1. The molecule has 1 aliphatic rings. The number of aryl methyl sites for hydroxylation is 2. The third-order valence-corrected chi connectivity index (χ3v) is 4.73. The molecular formula is C18H25N3O2. The highest BCUT2D eigenvalue weighted by Crippen LogP contribution is 2.26. The van der Waals surface area contributed by atoms with Crippen molar-refractivity contribution in [2.45, 2.75) is 45.4 Å². The van der Waals surface area contributed by atoms with Crippen LogP contribution in [0.3, 0.4) is 0 Å².